The minimum Gasteiger partial charge on any atom is -0.493 e. The Labute approximate surface area is 189 Å². The molecule has 1 aliphatic rings. The number of benzene rings is 1. The fourth-order valence-electron chi connectivity index (χ4n) is 4.30. The lowest BCUT2D eigenvalue weighted by Crippen LogP contribution is -2.25. The van der Waals surface area contributed by atoms with E-state index in [-0.39, 0.29) is 18.2 Å². The Kier molecular flexibility index (Phi) is 4.88. The van der Waals surface area contributed by atoms with Crippen LogP contribution in [-0.2, 0) is 4.79 Å². The molecule has 3 aromatic heterocycles. The first-order chi connectivity index (χ1) is 15.9. The lowest BCUT2D eigenvalue weighted by molar-refractivity contribution is -0.116. The van der Waals surface area contributed by atoms with E-state index in [0.717, 1.165) is 16.8 Å². The van der Waals surface area contributed by atoms with Gasteiger partial charge in [-0.25, -0.2) is 0 Å². The normalized spacial score (nSPS) is 15.3. The number of ether oxygens (including phenoxy) is 3. The molecule has 0 saturated heterocycles. The van der Waals surface area contributed by atoms with Gasteiger partial charge in [0.25, 0.3) is 0 Å². The zero-order valence-electron chi connectivity index (χ0n) is 18.9. The van der Waals surface area contributed by atoms with Crippen molar-refractivity contribution in [3.63, 3.8) is 0 Å². The number of amides is 1. The first-order valence-corrected chi connectivity index (χ1v) is 10.3. The number of fused-ring (bicyclic) bond motifs is 2. The highest BCUT2D eigenvalue weighted by Crippen LogP contribution is 2.45. The van der Waals surface area contributed by atoms with Crippen LogP contribution in [0.2, 0.25) is 0 Å². The molecular weight excluding hydrogens is 426 g/mol. The van der Waals surface area contributed by atoms with Crippen LogP contribution in [0.25, 0.3) is 11.5 Å². The van der Waals surface area contributed by atoms with Gasteiger partial charge in [-0.05, 0) is 43.7 Å². The predicted octanol–water partition coefficient (Wildman–Crippen LogP) is 2.43. The number of carbonyl (C=O) groups excluding carboxylic acids is 1. The Morgan fingerprint density at radius 2 is 1.73 bits per heavy atom. The Hall–Kier alpha value is -4.15. The summed E-state index contributed by atoms with van der Waals surface area (Å²) in [4.78, 5) is 12.8. The summed E-state index contributed by atoms with van der Waals surface area (Å²) in [6.07, 6.45) is 0.259. The summed E-state index contributed by atoms with van der Waals surface area (Å²) in [5.41, 5.74) is 3.19. The SMILES string of the molecule is COc1cc([C@@H]2CC(=O)Nc3c2c(C)nn3-c2ccc3nnc(C)n3n2)cc(OC)c1OC. The topological polar surface area (TPSA) is 118 Å². The third-order valence-electron chi connectivity index (χ3n) is 5.81. The fourth-order valence-corrected chi connectivity index (χ4v) is 4.30. The monoisotopic (exact) mass is 449 g/mol. The zero-order chi connectivity index (χ0) is 23.3. The van der Waals surface area contributed by atoms with Gasteiger partial charge >= 0.3 is 0 Å². The molecule has 0 spiro atoms. The highest BCUT2D eigenvalue weighted by molar-refractivity contribution is 5.95. The summed E-state index contributed by atoms with van der Waals surface area (Å²) in [6.45, 7) is 3.74. The Bertz CT molecular complexity index is 1370. The molecule has 33 heavy (non-hydrogen) atoms. The van der Waals surface area contributed by atoms with Gasteiger partial charge in [0.2, 0.25) is 11.7 Å². The van der Waals surface area contributed by atoms with E-state index in [0.29, 0.717) is 40.4 Å². The van der Waals surface area contributed by atoms with Gasteiger partial charge in [-0.2, -0.15) is 14.3 Å². The van der Waals surface area contributed by atoms with Crippen LogP contribution in [0.5, 0.6) is 17.2 Å². The quantitative estimate of drug-likeness (QED) is 0.494. The summed E-state index contributed by atoms with van der Waals surface area (Å²) >= 11 is 0. The first kappa shape index (κ1) is 20.7. The fraction of sp³-hybridized carbons (Fsp3) is 0.318. The molecule has 5 rings (SSSR count). The minimum absolute atomic E-state index is 0.121. The molecule has 11 heteroatoms. The molecule has 0 radical (unpaired) electrons. The van der Waals surface area contributed by atoms with E-state index in [1.807, 2.05) is 32.0 Å². The van der Waals surface area contributed by atoms with E-state index in [1.54, 1.807) is 36.6 Å². The number of nitrogens with zero attached hydrogens (tertiary/aromatic N) is 6. The number of rotatable bonds is 5. The molecule has 4 aromatic rings. The van der Waals surface area contributed by atoms with Crippen molar-refractivity contribution in [1.82, 2.24) is 29.6 Å². The standard InChI is InChI=1S/C22H23N7O4/c1-11-20-14(13-8-15(31-3)21(33-5)16(9-13)32-4)10-19(30)23-22(20)29(26-11)18-7-6-17-25-24-12(2)28(17)27-18/h6-9,14H,10H2,1-5H3,(H,23,30)/t14-/m0/s1. The van der Waals surface area contributed by atoms with Gasteiger partial charge in [-0.15, -0.1) is 15.3 Å². The van der Waals surface area contributed by atoms with Crippen LogP contribution < -0.4 is 19.5 Å². The van der Waals surface area contributed by atoms with E-state index < -0.39 is 0 Å². The third-order valence-corrected chi connectivity index (χ3v) is 5.81. The summed E-state index contributed by atoms with van der Waals surface area (Å²) in [7, 11) is 4.69. The predicted molar refractivity (Wildman–Crippen MR) is 119 cm³/mol. The second kappa shape index (κ2) is 7.76. The van der Waals surface area contributed by atoms with Gasteiger partial charge < -0.3 is 19.5 Å². The number of aryl methyl sites for hydroxylation is 2. The van der Waals surface area contributed by atoms with E-state index in [1.165, 1.54) is 0 Å². The van der Waals surface area contributed by atoms with Crippen molar-refractivity contribution in [1.29, 1.82) is 0 Å². The number of anilines is 1. The largest absolute Gasteiger partial charge is 0.493 e. The highest BCUT2D eigenvalue weighted by Gasteiger charge is 2.34. The van der Waals surface area contributed by atoms with Crippen molar-refractivity contribution in [2.45, 2.75) is 26.2 Å². The number of carbonyl (C=O) groups is 1. The molecule has 4 heterocycles. The van der Waals surface area contributed by atoms with Gasteiger partial charge in [0.1, 0.15) is 5.82 Å². The summed E-state index contributed by atoms with van der Waals surface area (Å²) in [5, 5.41) is 20.4. The van der Waals surface area contributed by atoms with Crippen molar-refractivity contribution in [2.24, 2.45) is 0 Å². The third kappa shape index (κ3) is 3.23. The molecule has 0 fully saturated rings. The maximum absolute atomic E-state index is 12.8. The van der Waals surface area contributed by atoms with Crippen LogP contribution in [0.15, 0.2) is 24.3 Å². The summed E-state index contributed by atoms with van der Waals surface area (Å²) in [5.74, 6) is 2.96. The van der Waals surface area contributed by atoms with Gasteiger partial charge in [-0.1, -0.05) is 0 Å². The van der Waals surface area contributed by atoms with E-state index >= 15 is 0 Å². The molecule has 1 aromatic carbocycles. The van der Waals surface area contributed by atoms with E-state index in [9.17, 15) is 4.79 Å². The number of hydrogen-bond acceptors (Lipinski definition) is 8. The van der Waals surface area contributed by atoms with Crippen LogP contribution in [0.3, 0.4) is 0 Å². The van der Waals surface area contributed by atoms with Crippen molar-refractivity contribution in [2.75, 3.05) is 26.6 Å². The highest BCUT2D eigenvalue weighted by atomic mass is 16.5. The van der Waals surface area contributed by atoms with Crippen LogP contribution in [0.1, 0.15) is 35.0 Å². The molecule has 170 valence electrons. The van der Waals surface area contributed by atoms with E-state index in [4.69, 9.17) is 19.3 Å². The van der Waals surface area contributed by atoms with Gasteiger partial charge in [0, 0.05) is 17.9 Å². The molecule has 1 atom stereocenters. The average molecular weight is 449 g/mol. The number of aromatic nitrogens is 6. The molecule has 0 bridgehead atoms. The first-order valence-electron chi connectivity index (χ1n) is 10.3. The molecule has 11 nitrogen and oxygen atoms in total. The lowest BCUT2D eigenvalue weighted by Gasteiger charge is -2.25. The Morgan fingerprint density at radius 3 is 2.39 bits per heavy atom. The molecule has 0 aliphatic carbocycles. The summed E-state index contributed by atoms with van der Waals surface area (Å²) in [6, 6.07) is 7.35. The maximum atomic E-state index is 12.8. The lowest BCUT2D eigenvalue weighted by atomic mass is 9.85. The Morgan fingerprint density at radius 1 is 1.00 bits per heavy atom. The van der Waals surface area contributed by atoms with Crippen LogP contribution in [0, 0.1) is 13.8 Å². The second-order valence-corrected chi connectivity index (χ2v) is 7.73. The zero-order valence-corrected chi connectivity index (χ0v) is 18.9. The van der Waals surface area contributed by atoms with Crippen molar-refractivity contribution in [3.05, 3.63) is 46.9 Å². The second-order valence-electron chi connectivity index (χ2n) is 7.73. The molecule has 1 aliphatic heterocycles. The van der Waals surface area contributed by atoms with E-state index in [2.05, 4.69) is 20.6 Å². The van der Waals surface area contributed by atoms with Crippen LogP contribution in [-0.4, -0.2) is 56.8 Å². The molecule has 0 saturated carbocycles. The smallest absolute Gasteiger partial charge is 0.226 e. The molecular formula is C22H23N7O4. The molecule has 1 N–H and O–H groups in total. The summed E-state index contributed by atoms with van der Waals surface area (Å²) < 4.78 is 19.8. The van der Waals surface area contributed by atoms with Gasteiger partial charge in [-0.3, -0.25) is 4.79 Å². The number of hydrogen-bond donors (Lipinski definition) is 1. The van der Waals surface area contributed by atoms with Crippen molar-refractivity contribution < 1.29 is 19.0 Å². The number of methoxy groups -OCH3 is 3. The molecule has 1 amide bonds. The number of nitrogens with one attached hydrogen (secondary N) is 1. The average Bonchev–Trinajstić information content (AvgIpc) is 3.36. The minimum atomic E-state index is -0.253. The molecule has 0 unspecified atom stereocenters. The van der Waals surface area contributed by atoms with Crippen LogP contribution in [0.4, 0.5) is 5.82 Å². The van der Waals surface area contributed by atoms with Gasteiger partial charge in [0.05, 0.1) is 27.0 Å². The van der Waals surface area contributed by atoms with Crippen LogP contribution >= 0.6 is 0 Å². The maximum Gasteiger partial charge on any atom is 0.226 e. The Balaban J connectivity index is 1.67. The van der Waals surface area contributed by atoms with Crippen molar-refractivity contribution in [3.8, 4) is 23.1 Å². The van der Waals surface area contributed by atoms with Gasteiger partial charge in [0.15, 0.2) is 28.8 Å². The van der Waals surface area contributed by atoms with Crippen molar-refractivity contribution >= 4 is 17.4 Å².